The average Bonchev–Trinajstić information content (AvgIpc) is 3.30. The number of carbonyl (C=O) groups excluding carboxylic acids is 3. The molecule has 2 unspecified atom stereocenters. The van der Waals surface area contributed by atoms with Crippen LogP contribution >= 0.6 is 11.3 Å². The first-order chi connectivity index (χ1) is 14.6. The van der Waals surface area contributed by atoms with Crippen molar-refractivity contribution in [1.82, 2.24) is 9.88 Å². The molecule has 2 amide bonds. The Morgan fingerprint density at radius 3 is 2.90 bits per heavy atom. The molecule has 1 aliphatic carbocycles. The predicted octanol–water partition coefficient (Wildman–Crippen LogP) is 2.10. The summed E-state index contributed by atoms with van der Waals surface area (Å²) in [4.78, 5) is 44.5. The number of carbonyl (C=O) groups is 3. The molecule has 0 saturated carbocycles. The van der Waals surface area contributed by atoms with Gasteiger partial charge in [-0.3, -0.25) is 14.4 Å². The van der Waals surface area contributed by atoms with Crippen LogP contribution < -0.4 is 5.32 Å². The van der Waals surface area contributed by atoms with E-state index in [2.05, 4.69) is 10.3 Å². The van der Waals surface area contributed by atoms with Crippen molar-refractivity contribution in [3.8, 4) is 0 Å². The van der Waals surface area contributed by atoms with E-state index in [1.54, 1.807) is 6.92 Å². The molecule has 158 valence electrons. The lowest BCUT2D eigenvalue weighted by molar-refractivity contribution is -0.154. The van der Waals surface area contributed by atoms with Crippen molar-refractivity contribution in [2.24, 2.45) is 0 Å². The maximum absolute atomic E-state index is 12.9. The molecule has 1 aromatic heterocycles. The number of ether oxygens (including phenoxy) is 2. The molecule has 2 aromatic rings. The number of fused-ring (bicyclic) bond motifs is 1. The fourth-order valence-electron chi connectivity index (χ4n) is 3.74. The molecule has 8 nitrogen and oxygen atoms in total. The van der Waals surface area contributed by atoms with Gasteiger partial charge < -0.3 is 19.7 Å². The van der Waals surface area contributed by atoms with Crippen LogP contribution in [0, 0.1) is 0 Å². The van der Waals surface area contributed by atoms with E-state index < -0.39 is 6.04 Å². The number of aryl methyl sites for hydroxylation is 1. The Morgan fingerprint density at radius 2 is 2.13 bits per heavy atom. The quantitative estimate of drug-likeness (QED) is 0.707. The molecule has 1 N–H and O–H groups in total. The monoisotopic (exact) mass is 429 g/mol. The molecule has 1 fully saturated rings. The van der Waals surface area contributed by atoms with Crippen molar-refractivity contribution < 1.29 is 23.9 Å². The van der Waals surface area contributed by atoms with Gasteiger partial charge in [0.25, 0.3) is 5.91 Å². The Balaban J connectivity index is 1.47. The van der Waals surface area contributed by atoms with Gasteiger partial charge in [0.05, 0.1) is 18.9 Å². The summed E-state index contributed by atoms with van der Waals surface area (Å²) in [7, 11) is 0. The third-order valence-corrected chi connectivity index (χ3v) is 6.26. The number of anilines is 1. The van der Waals surface area contributed by atoms with Gasteiger partial charge in [-0.15, -0.1) is 11.3 Å². The number of nitrogens with zero attached hydrogens (tertiary/aromatic N) is 2. The molecule has 1 aromatic carbocycles. The first-order valence-corrected chi connectivity index (χ1v) is 10.8. The fourth-order valence-corrected chi connectivity index (χ4v) is 4.78. The molecule has 2 aliphatic rings. The summed E-state index contributed by atoms with van der Waals surface area (Å²) in [5, 5.41) is 3.24. The van der Waals surface area contributed by atoms with Crippen LogP contribution in [-0.4, -0.2) is 53.5 Å². The van der Waals surface area contributed by atoms with Crippen LogP contribution in [0.4, 0.5) is 5.13 Å². The van der Waals surface area contributed by atoms with Crippen LogP contribution in [0.3, 0.4) is 0 Å². The van der Waals surface area contributed by atoms with Crippen molar-refractivity contribution in [3.05, 3.63) is 46.5 Å². The minimum Gasteiger partial charge on any atom is -0.465 e. The number of aromatic nitrogens is 1. The highest BCUT2D eigenvalue weighted by atomic mass is 32.1. The molecule has 0 spiro atoms. The maximum Gasteiger partial charge on any atom is 0.315 e. The number of esters is 1. The van der Waals surface area contributed by atoms with Crippen LogP contribution in [0.25, 0.3) is 0 Å². The summed E-state index contributed by atoms with van der Waals surface area (Å²) in [6, 6.07) is 8.78. The van der Waals surface area contributed by atoms with Crippen molar-refractivity contribution in [3.63, 3.8) is 0 Å². The highest BCUT2D eigenvalue weighted by Crippen LogP contribution is 2.39. The first kappa shape index (κ1) is 20.5. The van der Waals surface area contributed by atoms with Crippen molar-refractivity contribution in [2.75, 3.05) is 25.1 Å². The van der Waals surface area contributed by atoms with Gasteiger partial charge in [-0.05, 0) is 25.3 Å². The van der Waals surface area contributed by atoms with E-state index in [1.165, 1.54) is 16.2 Å². The van der Waals surface area contributed by atoms with Gasteiger partial charge >= 0.3 is 5.97 Å². The van der Waals surface area contributed by atoms with Gasteiger partial charge in [-0.1, -0.05) is 30.3 Å². The molecule has 2 atom stereocenters. The van der Waals surface area contributed by atoms with E-state index >= 15 is 0 Å². The molecule has 30 heavy (non-hydrogen) atoms. The van der Waals surface area contributed by atoms with Crippen molar-refractivity contribution in [2.45, 2.75) is 38.3 Å². The molecule has 1 saturated heterocycles. The van der Waals surface area contributed by atoms with E-state index in [0.717, 1.165) is 16.9 Å². The van der Waals surface area contributed by atoms with Crippen LogP contribution in [-0.2, 0) is 36.8 Å². The van der Waals surface area contributed by atoms with Crippen LogP contribution in [0.5, 0.6) is 0 Å². The minimum atomic E-state index is -0.744. The number of hydrogen-bond acceptors (Lipinski definition) is 7. The van der Waals surface area contributed by atoms with Crippen LogP contribution in [0.2, 0.25) is 0 Å². The van der Waals surface area contributed by atoms with E-state index in [0.29, 0.717) is 30.4 Å². The van der Waals surface area contributed by atoms with Crippen LogP contribution in [0.1, 0.15) is 35.4 Å². The molecular weight excluding hydrogens is 406 g/mol. The van der Waals surface area contributed by atoms with Crippen molar-refractivity contribution >= 4 is 34.3 Å². The smallest absolute Gasteiger partial charge is 0.315 e. The number of hydrogen-bond donors (Lipinski definition) is 1. The summed E-state index contributed by atoms with van der Waals surface area (Å²) in [6.45, 7) is 2.52. The lowest BCUT2D eigenvalue weighted by Gasteiger charge is -2.34. The van der Waals surface area contributed by atoms with Gasteiger partial charge in [-0.25, -0.2) is 4.98 Å². The second kappa shape index (κ2) is 8.93. The Hall–Kier alpha value is -2.78. The number of nitrogens with one attached hydrogen (secondary N) is 1. The van der Waals surface area contributed by atoms with Gasteiger partial charge in [0.15, 0.2) is 5.13 Å². The largest absolute Gasteiger partial charge is 0.465 e. The van der Waals surface area contributed by atoms with Gasteiger partial charge in [0.2, 0.25) is 5.91 Å². The molecular formula is C21H23N3O5S. The summed E-state index contributed by atoms with van der Waals surface area (Å²) in [5.41, 5.74) is 1.63. The summed E-state index contributed by atoms with van der Waals surface area (Å²) in [6.07, 6.45) is 1.41. The average molecular weight is 429 g/mol. The molecule has 0 bridgehead atoms. The number of amides is 2. The Labute approximate surface area is 178 Å². The highest BCUT2D eigenvalue weighted by Gasteiger charge is 2.36. The second-order valence-electron chi connectivity index (χ2n) is 7.20. The standard InChI is InChI=1S/C21H23N3O5S/c1-2-29-20(27)14-8-9-16-18(14)22-21(30-16)23-19(26)15-11-28-12-17(25)24(15)10-13-6-4-3-5-7-13/h3-7,14-15H,2,8-12H2,1H3,(H,22,23,26). The summed E-state index contributed by atoms with van der Waals surface area (Å²) < 4.78 is 10.5. The van der Waals surface area contributed by atoms with E-state index in [9.17, 15) is 14.4 Å². The Morgan fingerprint density at radius 1 is 1.33 bits per heavy atom. The number of morpholine rings is 1. The van der Waals surface area contributed by atoms with Gasteiger partial charge in [0.1, 0.15) is 18.6 Å². The topological polar surface area (TPSA) is 97.8 Å². The zero-order chi connectivity index (χ0) is 21.1. The lowest BCUT2D eigenvalue weighted by atomic mass is 10.1. The van der Waals surface area contributed by atoms with E-state index in [1.807, 2.05) is 30.3 Å². The summed E-state index contributed by atoms with van der Waals surface area (Å²) >= 11 is 1.36. The van der Waals surface area contributed by atoms with E-state index in [-0.39, 0.29) is 36.9 Å². The van der Waals surface area contributed by atoms with Gasteiger partial charge in [0, 0.05) is 11.4 Å². The zero-order valence-corrected chi connectivity index (χ0v) is 17.4. The molecule has 9 heteroatoms. The number of rotatable bonds is 6. The van der Waals surface area contributed by atoms with Crippen molar-refractivity contribution in [1.29, 1.82) is 0 Å². The minimum absolute atomic E-state index is 0.0383. The Kier molecular flexibility index (Phi) is 6.10. The predicted molar refractivity (Wildman–Crippen MR) is 110 cm³/mol. The number of thiazole rings is 1. The first-order valence-electron chi connectivity index (χ1n) is 9.95. The normalized spacial score (nSPS) is 20.7. The molecule has 4 rings (SSSR count). The third-order valence-electron chi connectivity index (χ3n) is 5.22. The third kappa shape index (κ3) is 4.22. The van der Waals surface area contributed by atoms with Gasteiger partial charge in [-0.2, -0.15) is 0 Å². The molecule has 0 radical (unpaired) electrons. The SMILES string of the molecule is CCOC(=O)C1CCc2sc(NC(=O)C3COCC(=O)N3Cc3ccccc3)nc21. The Bertz CT molecular complexity index is 945. The number of benzene rings is 1. The maximum atomic E-state index is 12.9. The molecule has 2 heterocycles. The summed E-state index contributed by atoms with van der Waals surface area (Å²) in [5.74, 6) is -1.23. The fraction of sp³-hybridized carbons (Fsp3) is 0.429. The van der Waals surface area contributed by atoms with E-state index in [4.69, 9.17) is 9.47 Å². The zero-order valence-electron chi connectivity index (χ0n) is 16.6. The lowest BCUT2D eigenvalue weighted by Crippen LogP contribution is -2.54. The molecule has 1 aliphatic heterocycles. The second-order valence-corrected chi connectivity index (χ2v) is 8.28. The highest BCUT2D eigenvalue weighted by molar-refractivity contribution is 7.16. The van der Waals surface area contributed by atoms with Crippen LogP contribution in [0.15, 0.2) is 30.3 Å².